The van der Waals surface area contributed by atoms with Gasteiger partial charge in [0, 0.05) is 25.0 Å². The van der Waals surface area contributed by atoms with E-state index < -0.39 is 0 Å². The molecule has 1 aliphatic rings. The fourth-order valence-electron chi connectivity index (χ4n) is 3.47. The van der Waals surface area contributed by atoms with Crippen molar-refractivity contribution in [3.05, 3.63) is 18.2 Å². The first-order chi connectivity index (χ1) is 13.1. The zero-order chi connectivity index (χ0) is 19.2. The Kier molecular flexibility index (Phi) is 6.28. The number of ether oxygens (including phenoxy) is 2. The molecule has 1 aromatic carbocycles. The number of nitrogen functional groups attached to an aromatic ring is 1. The van der Waals surface area contributed by atoms with Gasteiger partial charge in [0.05, 0.1) is 6.61 Å². The van der Waals surface area contributed by atoms with E-state index in [2.05, 4.69) is 15.3 Å². The van der Waals surface area contributed by atoms with E-state index in [1.165, 1.54) is 0 Å². The Morgan fingerprint density at radius 1 is 1.22 bits per heavy atom. The molecule has 1 amide bonds. The van der Waals surface area contributed by atoms with Crippen LogP contribution in [0.25, 0.3) is 10.9 Å². The summed E-state index contributed by atoms with van der Waals surface area (Å²) in [5.41, 5.74) is 12.2. The second kappa shape index (κ2) is 8.85. The topological polar surface area (TPSA) is 125 Å². The third-order valence-electron chi connectivity index (χ3n) is 5.06. The number of rotatable bonds is 8. The normalized spacial score (nSPS) is 19.7. The molecule has 1 heterocycles. The number of hydrogen-bond donors (Lipinski definition) is 3. The van der Waals surface area contributed by atoms with Crippen LogP contribution in [0.3, 0.4) is 0 Å². The number of nitrogens with two attached hydrogens (primary N) is 2. The molecule has 27 heavy (non-hydrogen) atoms. The van der Waals surface area contributed by atoms with Gasteiger partial charge >= 0.3 is 0 Å². The Balaban J connectivity index is 1.68. The predicted octanol–water partition coefficient (Wildman–Crippen LogP) is 1.94. The van der Waals surface area contributed by atoms with Crippen molar-refractivity contribution in [1.82, 2.24) is 9.97 Å². The minimum Gasteiger partial charge on any atom is -0.489 e. The van der Waals surface area contributed by atoms with Crippen molar-refractivity contribution in [2.75, 3.05) is 37.9 Å². The van der Waals surface area contributed by atoms with Crippen LogP contribution in [0.2, 0.25) is 0 Å². The molecule has 8 heteroatoms. The summed E-state index contributed by atoms with van der Waals surface area (Å²) in [6.45, 7) is 1.67. The number of primary amides is 1. The quantitative estimate of drug-likeness (QED) is 0.604. The summed E-state index contributed by atoms with van der Waals surface area (Å²) in [6, 6.07) is 5.61. The molecule has 0 spiro atoms. The third kappa shape index (κ3) is 4.77. The SMILES string of the molecule is COCCOc1cccc2c(N)nc(NCC3CCC(C(N)=O)CC3)nc12. The van der Waals surface area contributed by atoms with Crippen LogP contribution in [0.5, 0.6) is 5.75 Å². The number of carbonyl (C=O) groups excluding carboxylic acids is 1. The van der Waals surface area contributed by atoms with E-state index in [0.29, 0.717) is 42.2 Å². The highest BCUT2D eigenvalue weighted by molar-refractivity contribution is 5.93. The largest absolute Gasteiger partial charge is 0.489 e. The van der Waals surface area contributed by atoms with Crippen molar-refractivity contribution in [1.29, 1.82) is 0 Å². The van der Waals surface area contributed by atoms with E-state index in [-0.39, 0.29) is 11.8 Å². The van der Waals surface area contributed by atoms with Crippen molar-refractivity contribution >= 4 is 28.6 Å². The number of hydrogen-bond acceptors (Lipinski definition) is 7. The van der Waals surface area contributed by atoms with Crippen molar-refractivity contribution in [2.45, 2.75) is 25.7 Å². The summed E-state index contributed by atoms with van der Waals surface area (Å²) >= 11 is 0. The third-order valence-corrected chi connectivity index (χ3v) is 5.06. The second-order valence-corrected chi connectivity index (χ2v) is 6.93. The molecule has 1 fully saturated rings. The predicted molar refractivity (Wildman–Crippen MR) is 104 cm³/mol. The molecule has 1 saturated carbocycles. The number of fused-ring (bicyclic) bond motifs is 1. The molecule has 3 rings (SSSR count). The fraction of sp³-hybridized carbons (Fsp3) is 0.526. The lowest BCUT2D eigenvalue weighted by Gasteiger charge is -2.26. The molecule has 5 N–H and O–H groups in total. The zero-order valence-electron chi connectivity index (χ0n) is 15.6. The second-order valence-electron chi connectivity index (χ2n) is 6.93. The lowest BCUT2D eigenvalue weighted by Crippen LogP contribution is -2.29. The highest BCUT2D eigenvalue weighted by Gasteiger charge is 2.24. The minimum atomic E-state index is -0.187. The van der Waals surface area contributed by atoms with Gasteiger partial charge < -0.3 is 26.3 Å². The van der Waals surface area contributed by atoms with Crippen LogP contribution in [0.15, 0.2) is 18.2 Å². The number of amides is 1. The maximum atomic E-state index is 11.3. The summed E-state index contributed by atoms with van der Waals surface area (Å²) in [7, 11) is 1.63. The first-order valence-corrected chi connectivity index (χ1v) is 9.29. The van der Waals surface area contributed by atoms with Gasteiger partial charge in [0.15, 0.2) is 0 Å². The maximum Gasteiger partial charge on any atom is 0.225 e. The van der Waals surface area contributed by atoms with Crippen LogP contribution in [0.1, 0.15) is 25.7 Å². The average molecular weight is 373 g/mol. The van der Waals surface area contributed by atoms with Crippen molar-refractivity contribution in [2.24, 2.45) is 17.6 Å². The minimum absolute atomic E-state index is 0.0145. The Morgan fingerprint density at radius 2 is 2.00 bits per heavy atom. The first-order valence-electron chi connectivity index (χ1n) is 9.29. The Bertz CT molecular complexity index is 790. The molecular weight excluding hydrogens is 346 g/mol. The molecule has 0 bridgehead atoms. The first kappa shape index (κ1) is 19.2. The van der Waals surface area contributed by atoms with E-state index >= 15 is 0 Å². The summed E-state index contributed by atoms with van der Waals surface area (Å²) in [4.78, 5) is 20.2. The van der Waals surface area contributed by atoms with Crippen molar-refractivity contribution < 1.29 is 14.3 Å². The number of nitrogens with zero attached hydrogens (tertiary/aromatic N) is 2. The molecule has 146 valence electrons. The monoisotopic (exact) mass is 373 g/mol. The Morgan fingerprint density at radius 3 is 2.70 bits per heavy atom. The van der Waals surface area contributed by atoms with E-state index in [9.17, 15) is 4.79 Å². The maximum absolute atomic E-state index is 11.3. The number of carbonyl (C=O) groups is 1. The zero-order valence-corrected chi connectivity index (χ0v) is 15.6. The smallest absolute Gasteiger partial charge is 0.225 e. The van der Waals surface area contributed by atoms with Gasteiger partial charge in [0.2, 0.25) is 11.9 Å². The van der Waals surface area contributed by atoms with Crippen LogP contribution < -0.4 is 21.5 Å². The van der Waals surface area contributed by atoms with Gasteiger partial charge in [-0.2, -0.15) is 4.98 Å². The summed E-state index contributed by atoms with van der Waals surface area (Å²) in [5, 5.41) is 4.05. The molecule has 8 nitrogen and oxygen atoms in total. The van der Waals surface area contributed by atoms with Gasteiger partial charge in [-0.3, -0.25) is 4.79 Å². The highest BCUT2D eigenvalue weighted by Crippen LogP contribution is 2.30. The Hall–Kier alpha value is -2.61. The van der Waals surface area contributed by atoms with Gasteiger partial charge in [-0.25, -0.2) is 4.98 Å². The molecular formula is C19H27N5O3. The summed E-state index contributed by atoms with van der Waals surface area (Å²) in [5.74, 6) is 1.85. The summed E-state index contributed by atoms with van der Waals surface area (Å²) in [6.07, 6.45) is 3.63. The van der Waals surface area contributed by atoms with Crippen LogP contribution in [0, 0.1) is 11.8 Å². The molecule has 0 atom stereocenters. The number of para-hydroxylation sites is 1. The van der Waals surface area contributed by atoms with Gasteiger partial charge in [-0.05, 0) is 43.7 Å². The van der Waals surface area contributed by atoms with Gasteiger partial charge in [0.1, 0.15) is 23.7 Å². The number of anilines is 2. The van der Waals surface area contributed by atoms with Gasteiger partial charge in [-0.1, -0.05) is 6.07 Å². The number of nitrogens with one attached hydrogen (secondary N) is 1. The lowest BCUT2D eigenvalue weighted by atomic mass is 9.82. The van der Waals surface area contributed by atoms with Crippen LogP contribution >= 0.6 is 0 Å². The molecule has 1 aliphatic carbocycles. The van der Waals surface area contributed by atoms with Gasteiger partial charge in [-0.15, -0.1) is 0 Å². The van der Waals surface area contributed by atoms with Crippen molar-refractivity contribution in [3.63, 3.8) is 0 Å². The fourth-order valence-corrected chi connectivity index (χ4v) is 3.47. The molecule has 0 unspecified atom stereocenters. The number of methoxy groups -OCH3 is 1. The van der Waals surface area contributed by atoms with Crippen LogP contribution in [-0.2, 0) is 9.53 Å². The van der Waals surface area contributed by atoms with Gasteiger partial charge in [0.25, 0.3) is 0 Å². The van der Waals surface area contributed by atoms with E-state index in [4.69, 9.17) is 20.9 Å². The average Bonchev–Trinajstić information content (AvgIpc) is 2.67. The van der Waals surface area contributed by atoms with E-state index in [0.717, 1.165) is 37.6 Å². The summed E-state index contributed by atoms with van der Waals surface area (Å²) < 4.78 is 10.8. The number of aromatic nitrogens is 2. The standard InChI is InChI=1S/C19H27N5O3/c1-26-9-10-27-15-4-2-3-14-16(15)23-19(24-17(14)20)22-11-12-5-7-13(8-6-12)18(21)25/h2-4,12-13H,5-11H2,1H3,(H2,21,25)(H3,20,22,23,24). The molecule has 1 aromatic heterocycles. The van der Waals surface area contributed by atoms with Crippen LogP contribution in [-0.4, -0.2) is 42.7 Å². The van der Waals surface area contributed by atoms with E-state index in [1.54, 1.807) is 7.11 Å². The molecule has 2 aromatic rings. The molecule has 0 aliphatic heterocycles. The molecule has 0 saturated heterocycles. The highest BCUT2D eigenvalue weighted by atomic mass is 16.5. The Labute approximate surface area is 158 Å². The number of benzene rings is 1. The van der Waals surface area contributed by atoms with E-state index in [1.807, 2.05) is 18.2 Å². The van der Waals surface area contributed by atoms with Crippen molar-refractivity contribution in [3.8, 4) is 5.75 Å². The lowest BCUT2D eigenvalue weighted by molar-refractivity contribution is -0.122. The van der Waals surface area contributed by atoms with Crippen LogP contribution in [0.4, 0.5) is 11.8 Å². The molecule has 0 radical (unpaired) electrons.